The van der Waals surface area contributed by atoms with Crippen molar-refractivity contribution >= 4 is 11.0 Å². The molecule has 0 unspecified atom stereocenters. The highest BCUT2D eigenvalue weighted by atomic mass is 19.2. The monoisotopic (exact) mass is 388 g/mol. The van der Waals surface area contributed by atoms with E-state index >= 15 is 0 Å². The molecule has 0 saturated carbocycles. The molecular formula is C20H22F2N4O2. The first-order valence-corrected chi connectivity index (χ1v) is 9.35. The molecule has 1 aliphatic heterocycles. The van der Waals surface area contributed by atoms with Crippen molar-refractivity contribution in [3.05, 3.63) is 59.2 Å². The van der Waals surface area contributed by atoms with Crippen molar-refractivity contribution < 1.29 is 18.5 Å². The van der Waals surface area contributed by atoms with E-state index in [0.29, 0.717) is 19.5 Å². The summed E-state index contributed by atoms with van der Waals surface area (Å²) in [6.07, 6.45) is 0.621. The van der Waals surface area contributed by atoms with Gasteiger partial charge in [-0.1, -0.05) is 18.2 Å². The molecule has 1 atom stereocenters. The van der Waals surface area contributed by atoms with Crippen molar-refractivity contribution in [1.29, 1.82) is 0 Å². The number of rotatable bonds is 6. The smallest absolute Gasteiger partial charge is 0.159 e. The summed E-state index contributed by atoms with van der Waals surface area (Å²) >= 11 is 0. The predicted octanol–water partition coefficient (Wildman–Crippen LogP) is 2.57. The second-order valence-corrected chi connectivity index (χ2v) is 7.17. The van der Waals surface area contributed by atoms with Gasteiger partial charge in [-0.15, -0.1) is 0 Å². The zero-order valence-electron chi connectivity index (χ0n) is 15.4. The van der Waals surface area contributed by atoms with Crippen LogP contribution in [0.25, 0.3) is 11.0 Å². The van der Waals surface area contributed by atoms with Gasteiger partial charge in [-0.25, -0.2) is 13.4 Å². The summed E-state index contributed by atoms with van der Waals surface area (Å²) in [6.45, 7) is 3.69. The van der Waals surface area contributed by atoms with Gasteiger partial charge in [-0.3, -0.25) is 9.80 Å². The van der Waals surface area contributed by atoms with Gasteiger partial charge in [-0.05, 0) is 46.1 Å². The Morgan fingerprint density at radius 1 is 1.07 bits per heavy atom. The van der Waals surface area contributed by atoms with Crippen LogP contribution in [0.2, 0.25) is 0 Å². The second kappa shape index (κ2) is 8.30. The number of aliphatic hydroxyl groups is 1. The van der Waals surface area contributed by atoms with E-state index in [9.17, 15) is 13.9 Å². The number of fused-ring (bicyclic) bond motifs is 1. The highest BCUT2D eigenvalue weighted by Gasteiger charge is 2.27. The minimum Gasteiger partial charge on any atom is -0.396 e. The van der Waals surface area contributed by atoms with E-state index in [4.69, 9.17) is 4.63 Å². The van der Waals surface area contributed by atoms with E-state index in [1.165, 1.54) is 6.07 Å². The van der Waals surface area contributed by atoms with Gasteiger partial charge in [-0.2, -0.15) is 0 Å². The van der Waals surface area contributed by atoms with Crippen LogP contribution < -0.4 is 0 Å². The molecule has 1 N–H and O–H groups in total. The number of hydrogen-bond acceptors (Lipinski definition) is 6. The van der Waals surface area contributed by atoms with Crippen LogP contribution in [0.4, 0.5) is 8.78 Å². The van der Waals surface area contributed by atoms with Crippen LogP contribution in [-0.4, -0.2) is 57.5 Å². The molecule has 3 aromatic rings. The Bertz CT molecular complexity index is 949. The Kier molecular flexibility index (Phi) is 5.61. The standard InChI is InChI=1S/C20H22F2N4O2/c21-17-5-4-14(10-18(17)22)11-26-8-7-25(13-16(26)6-9-27)12-15-2-1-3-19-20(15)24-28-23-19/h1-5,10,16,27H,6-9,11-13H2/t16-/m0/s1. The SMILES string of the molecule is OCC[C@H]1CN(Cc2cccc3nonc23)CCN1Cc1ccc(F)c(F)c1. The molecule has 2 heterocycles. The van der Waals surface area contributed by atoms with Gasteiger partial charge >= 0.3 is 0 Å². The minimum atomic E-state index is -0.836. The largest absolute Gasteiger partial charge is 0.396 e. The van der Waals surface area contributed by atoms with Crippen LogP contribution in [0.1, 0.15) is 17.5 Å². The Morgan fingerprint density at radius 3 is 2.79 bits per heavy atom. The van der Waals surface area contributed by atoms with Crippen molar-refractivity contribution in [1.82, 2.24) is 20.1 Å². The summed E-state index contributed by atoms with van der Waals surface area (Å²) in [4.78, 5) is 4.53. The van der Waals surface area contributed by atoms with Crippen molar-refractivity contribution in [2.24, 2.45) is 0 Å². The number of hydrogen-bond donors (Lipinski definition) is 1. The molecule has 0 radical (unpaired) electrons. The third kappa shape index (κ3) is 4.04. The Labute approximate surface area is 161 Å². The number of benzene rings is 2. The second-order valence-electron chi connectivity index (χ2n) is 7.17. The van der Waals surface area contributed by atoms with E-state index in [0.717, 1.165) is 47.9 Å². The fraction of sp³-hybridized carbons (Fsp3) is 0.400. The average molecular weight is 388 g/mol. The van der Waals surface area contributed by atoms with Gasteiger partial charge in [0.1, 0.15) is 11.0 Å². The number of aliphatic hydroxyl groups excluding tert-OH is 1. The molecule has 0 bridgehead atoms. The van der Waals surface area contributed by atoms with Crippen LogP contribution in [-0.2, 0) is 13.1 Å². The van der Waals surface area contributed by atoms with Crippen LogP contribution in [0, 0.1) is 11.6 Å². The van der Waals surface area contributed by atoms with Crippen molar-refractivity contribution in [3.8, 4) is 0 Å². The van der Waals surface area contributed by atoms with Gasteiger partial charge in [0.15, 0.2) is 11.6 Å². The summed E-state index contributed by atoms with van der Waals surface area (Å²) in [5.74, 6) is -1.67. The molecule has 1 saturated heterocycles. The lowest BCUT2D eigenvalue weighted by Gasteiger charge is -2.41. The van der Waals surface area contributed by atoms with Crippen molar-refractivity contribution in [2.75, 3.05) is 26.2 Å². The Balaban J connectivity index is 1.45. The van der Waals surface area contributed by atoms with Crippen LogP contribution in [0.3, 0.4) is 0 Å². The highest BCUT2D eigenvalue weighted by Crippen LogP contribution is 2.22. The maximum absolute atomic E-state index is 13.5. The Hall–Kier alpha value is -2.42. The number of nitrogens with zero attached hydrogens (tertiary/aromatic N) is 4. The molecule has 1 aromatic heterocycles. The van der Waals surface area contributed by atoms with Crippen LogP contribution in [0.5, 0.6) is 0 Å². The molecular weight excluding hydrogens is 366 g/mol. The number of piperazine rings is 1. The number of halogens is 2. The summed E-state index contributed by atoms with van der Waals surface area (Å²) in [7, 11) is 0. The van der Waals surface area contributed by atoms with E-state index in [1.807, 2.05) is 18.2 Å². The third-order valence-corrected chi connectivity index (χ3v) is 5.28. The molecule has 28 heavy (non-hydrogen) atoms. The zero-order chi connectivity index (χ0) is 19.5. The topological polar surface area (TPSA) is 65.6 Å². The van der Waals surface area contributed by atoms with Gasteiger partial charge in [0.25, 0.3) is 0 Å². The molecule has 0 aliphatic carbocycles. The molecule has 6 nitrogen and oxygen atoms in total. The number of aromatic nitrogens is 2. The zero-order valence-corrected chi connectivity index (χ0v) is 15.4. The molecule has 148 valence electrons. The first-order valence-electron chi connectivity index (χ1n) is 9.35. The molecule has 1 aliphatic rings. The Morgan fingerprint density at radius 2 is 1.96 bits per heavy atom. The first-order chi connectivity index (χ1) is 13.6. The van der Waals surface area contributed by atoms with Crippen LogP contribution in [0.15, 0.2) is 41.0 Å². The summed E-state index contributed by atoms with van der Waals surface area (Å²) in [6, 6.07) is 9.96. The first kappa shape index (κ1) is 18.9. The molecule has 2 aromatic carbocycles. The van der Waals surface area contributed by atoms with E-state index in [2.05, 4.69) is 20.1 Å². The van der Waals surface area contributed by atoms with Crippen LogP contribution >= 0.6 is 0 Å². The fourth-order valence-electron chi connectivity index (χ4n) is 3.83. The quantitative estimate of drug-likeness (QED) is 0.700. The lowest BCUT2D eigenvalue weighted by molar-refractivity contribution is 0.0500. The molecule has 4 rings (SSSR count). The summed E-state index contributed by atoms with van der Waals surface area (Å²) in [5.41, 5.74) is 3.29. The minimum absolute atomic E-state index is 0.0789. The maximum Gasteiger partial charge on any atom is 0.159 e. The van der Waals surface area contributed by atoms with E-state index in [1.54, 1.807) is 6.07 Å². The average Bonchev–Trinajstić information content (AvgIpc) is 3.17. The summed E-state index contributed by atoms with van der Waals surface area (Å²) in [5, 5.41) is 17.4. The van der Waals surface area contributed by atoms with Crippen molar-refractivity contribution in [3.63, 3.8) is 0 Å². The fourth-order valence-corrected chi connectivity index (χ4v) is 3.83. The molecule has 0 amide bonds. The van der Waals surface area contributed by atoms with E-state index < -0.39 is 11.6 Å². The lowest BCUT2D eigenvalue weighted by Crippen LogP contribution is -2.52. The van der Waals surface area contributed by atoms with E-state index in [-0.39, 0.29) is 12.6 Å². The third-order valence-electron chi connectivity index (χ3n) is 5.28. The van der Waals surface area contributed by atoms with Gasteiger partial charge in [0, 0.05) is 45.4 Å². The van der Waals surface area contributed by atoms with Gasteiger partial charge < -0.3 is 5.11 Å². The van der Waals surface area contributed by atoms with Gasteiger partial charge in [0.05, 0.1) is 0 Å². The normalized spacial score (nSPS) is 18.8. The maximum atomic E-state index is 13.5. The van der Waals surface area contributed by atoms with Gasteiger partial charge in [0.2, 0.25) is 0 Å². The summed E-state index contributed by atoms with van der Waals surface area (Å²) < 4.78 is 31.5. The highest BCUT2D eigenvalue weighted by molar-refractivity contribution is 5.76. The molecule has 8 heteroatoms. The lowest BCUT2D eigenvalue weighted by atomic mass is 10.1. The predicted molar refractivity (Wildman–Crippen MR) is 99.3 cm³/mol. The molecule has 1 fully saturated rings. The molecule has 0 spiro atoms. The van der Waals surface area contributed by atoms with Crippen molar-refractivity contribution in [2.45, 2.75) is 25.6 Å².